The first-order valence-corrected chi connectivity index (χ1v) is 6.12. The van der Waals surface area contributed by atoms with Crippen molar-refractivity contribution in [1.82, 2.24) is 0 Å². The van der Waals surface area contributed by atoms with Crippen LogP contribution in [0.25, 0.3) is 0 Å². The van der Waals surface area contributed by atoms with Crippen LogP contribution in [-0.4, -0.2) is 18.2 Å². The van der Waals surface area contributed by atoms with Crippen LogP contribution >= 0.6 is 0 Å². The molecule has 0 aromatic carbocycles. The second-order valence-electron chi connectivity index (χ2n) is 4.45. The lowest BCUT2D eigenvalue weighted by atomic mass is 9.98. The lowest BCUT2D eigenvalue weighted by Crippen LogP contribution is -2.28. The molecule has 1 aromatic rings. The van der Waals surface area contributed by atoms with Gasteiger partial charge < -0.3 is 9.15 Å². The summed E-state index contributed by atoms with van der Waals surface area (Å²) in [6.07, 6.45) is 4.74. The third-order valence-electron chi connectivity index (χ3n) is 3.05. The Bertz CT molecular complexity index is 342. The van der Waals surface area contributed by atoms with Crippen molar-refractivity contribution < 1.29 is 18.3 Å². The zero-order chi connectivity index (χ0) is 12.1. The first-order valence-electron chi connectivity index (χ1n) is 6.12. The zero-order valence-corrected chi connectivity index (χ0v) is 9.73. The lowest BCUT2D eigenvalue weighted by molar-refractivity contribution is -0.156. The highest BCUT2D eigenvalue weighted by Crippen LogP contribution is 2.21. The average Bonchev–Trinajstić information content (AvgIpc) is 2.83. The summed E-state index contributed by atoms with van der Waals surface area (Å²) in [5.41, 5.74) is 0. The van der Waals surface area contributed by atoms with Crippen molar-refractivity contribution in [1.29, 1.82) is 0 Å². The Morgan fingerprint density at radius 3 is 2.88 bits per heavy atom. The van der Waals surface area contributed by atoms with Crippen LogP contribution in [-0.2, 0) is 16.0 Å². The monoisotopic (exact) mass is 240 g/mol. The molecule has 0 unspecified atom stereocenters. The van der Waals surface area contributed by atoms with Gasteiger partial charge in [-0.3, -0.25) is 0 Å². The van der Waals surface area contributed by atoms with Gasteiger partial charge in [-0.15, -0.1) is 0 Å². The van der Waals surface area contributed by atoms with Crippen LogP contribution in [0.3, 0.4) is 0 Å². The van der Waals surface area contributed by atoms with Gasteiger partial charge in [0.25, 0.3) is 0 Å². The first-order chi connectivity index (χ1) is 8.25. The number of ether oxygens (including phenoxy) is 1. The van der Waals surface area contributed by atoms with Gasteiger partial charge in [0.05, 0.1) is 6.26 Å². The number of carbonyl (C=O) groups excluding carboxylic acids is 1. The average molecular weight is 240 g/mol. The summed E-state index contributed by atoms with van der Waals surface area (Å²) in [6, 6.07) is 3.33. The van der Waals surface area contributed by atoms with Gasteiger partial charge in [-0.2, -0.15) is 0 Å². The van der Waals surface area contributed by atoms with Crippen LogP contribution in [0.1, 0.15) is 37.9 Å². The number of halogens is 1. The van der Waals surface area contributed by atoms with E-state index in [1.807, 2.05) is 0 Å². The highest BCUT2D eigenvalue weighted by molar-refractivity contribution is 5.75. The second kappa shape index (κ2) is 5.84. The van der Waals surface area contributed by atoms with Crippen molar-refractivity contribution in [3.8, 4) is 0 Å². The van der Waals surface area contributed by atoms with Gasteiger partial charge >= 0.3 is 5.97 Å². The molecule has 0 N–H and O–H groups in total. The predicted octanol–water partition coefficient (Wildman–Crippen LogP) is 3.04. The molecule has 0 bridgehead atoms. The number of hydrogen-bond acceptors (Lipinski definition) is 3. The van der Waals surface area contributed by atoms with Crippen molar-refractivity contribution in [3.05, 3.63) is 24.2 Å². The highest BCUT2D eigenvalue weighted by Gasteiger charge is 2.25. The molecule has 1 aliphatic rings. The number of alkyl halides is 1. The Kier molecular flexibility index (Phi) is 4.18. The fourth-order valence-electron chi connectivity index (χ4n) is 2.11. The normalized spacial score (nSPS) is 18.9. The van der Waals surface area contributed by atoms with Crippen LogP contribution in [0.4, 0.5) is 4.39 Å². The summed E-state index contributed by atoms with van der Waals surface area (Å²) in [7, 11) is 0. The molecular weight excluding hydrogens is 223 g/mol. The van der Waals surface area contributed by atoms with Crippen molar-refractivity contribution in [2.45, 2.75) is 50.8 Å². The number of carbonyl (C=O) groups is 1. The van der Waals surface area contributed by atoms with Crippen LogP contribution in [0, 0.1) is 0 Å². The van der Waals surface area contributed by atoms with E-state index in [0.717, 1.165) is 25.7 Å². The predicted molar refractivity (Wildman–Crippen MR) is 60.3 cm³/mol. The van der Waals surface area contributed by atoms with Gasteiger partial charge in [0.2, 0.25) is 6.17 Å². The molecule has 1 aliphatic carbocycles. The van der Waals surface area contributed by atoms with E-state index in [4.69, 9.17) is 9.15 Å². The summed E-state index contributed by atoms with van der Waals surface area (Å²) >= 11 is 0. The Morgan fingerprint density at radius 2 is 2.24 bits per heavy atom. The summed E-state index contributed by atoms with van der Waals surface area (Å²) in [5.74, 6) is -0.286. The van der Waals surface area contributed by atoms with E-state index in [1.54, 1.807) is 12.1 Å². The summed E-state index contributed by atoms with van der Waals surface area (Å²) in [5, 5.41) is 0. The van der Waals surface area contributed by atoms with E-state index in [9.17, 15) is 9.18 Å². The van der Waals surface area contributed by atoms with Gasteiger partial charge in [-0.05, 0) is 37.8 Å². The highest BCUT2D eigenvalue weighted by atomic mass is 19.1. The molecule has 94 valence electrons. The van der Waals surface area contributed by atoms with E-state index in [0.29, 0.717) is 5.76 Å². The second-order valence-corrected chi connectivity index (χ2v) is 4.45. The molecule has 0 aliphatic heterocycles. The number of rotatable bonds is 4. The van der Waals surface area contributed by atoms with Crippen molar-refractivity contribution in [2.24, 2.45) is 0 Å². The molecule has 0 saturated heterocycles. The van der Waals surface area contributed by atoms with Crippen molar-refractivity contribution >= 4 is 5.97 Å². The minimum absolute atomic E-state index is 0.0431. The molecule has 4 heteroatoms. The SMILES string of the molecule is O=C(OC1CCCCC1)[C@@H](F)Cc1ccco1. The number of hydrogen-bond donors (Lipinski definition) is 0. The quantitative estimate of drug-likeness (QED) is 0.759. The summed E-state index contributed by atoms with van der Waals surface area (Å²) in [6.45, 7) is 0. The molecule has 1 fully saturated rings. The molecule has 0 radical (unpaired) electrons. The van der Waals surface area contributed by atoms with E-state index in [-0.39, 0.29) is 12.5 Å². The minimum atomic E-state index is -1.62. The molecule has 3 nitrogen and oxygen atoms in total. The molecule has 2 rings (SSSR count). The van der Waals surface area contributed by atoms with Crippen LogP contribution in [0.2, 0.25) is 0 Å². The van der Waals surface area contributed by atoms with E-state index in [2.05, 4.69) is 0 Å². The maximum absolute atomic E-state index is 13.6. The molecule has 1 aromatic heterocycles. The maximum Gasteiger partial charge on any atom is 0.341 e. The third-order valence-corrected chi connectivity index (χ3v) is 3.05. The van der Waals surface area contributed by atoms with E-state index >= 15 is 0 Å². The lowest BCUT2D eigenvalue weighted by Gasteiger charge is -2.22. The Labute approximate surface area is 99.9 Å². The van der Waals surface area contributed by atoms with E-state index in [1.165, 1.54) is 12.7 Å². The van der Waals surface area contributed by atoms with Gasteiger partial charge in [0.15, 0.2) is 0 Å². The van der Waals surface area contributed by atoms with Crippen LogP contribution in [0.5, 0.6) is 0 Å². The number of esters is 1. The van der Waals surface area contributed by atoms with Crippen LogP contribution < -0.4 is 0 Å². The Morgan fingerprint density at radius 1 is 1.47 bits per heavy atom. The zero-order valence-electron chi connectivity index (χ0n) is 9.73. The molecule has 0 spiro atoms. The molecule has 1 heterocycles. The molecule has 1 atom stereocenters. The summed E-state index contributed by atoms with van der Waals surface area (Å²) in [4.78, 5) is 11.5. The standard InChI is InChI=1S/C13H17FO3/c14-12(9-11-7-4-8-16-11)13(15)17-10-5-2-1-3-6-10/h4,7-8,10,12H,1-3,5-6,9H2/t12-/m0/s1. The topological polar surface area (TPSA) is 39.4 Å². The van der Waals surface area contributed by atoms with Gasteiger partial charge in [0.1, 0.15) is 11.9 Å². The van der Waals surface area contributed by atoms with Gasteiger partial charge in [-0.25, -0.2) is 9.18 Å². The Hall–Kier alpha value is -1.32. The fraction of sp³-hybridized carbons (Fsp3) is 0.615. The van der Waals surface area contributed by atoms with Crippen molar-refractivity contribution in [2.75, 3.05) is 0 Å². The van der Waals surface area contributed by atoms with Gasteiger partial charge in [-0.1, -0.05) is 6.42 Å². The molecular formula is C13H17FO3. The minimum Gasteiger partial charge on any atom is -0.469 e. The first kappa shape index (κ1) is 12.1. The fourth-order valence-corrected chi connectivity index (χ4v) is 2.11. The largest absolute Gasteiger partial charge is 0.469 e. The maximum atomic E-state index is 13.6. The van der Waals surface area contributed by atoms with Crippen LogP contribution in [0.15, 0.2) is 22.8 Å². The van der Waals surface area contributed by atoms with Gasteiger partial charge in [0, 0.05) is 6.42 Å². The van der Waals surface area contributed by atoms with E-state index < -0.39 is 12.1 Å². The summed E-state index contributed by atoms with van der Waals surface area (Å²) < 4.78 is 23.7. The Balaban J connectivity index is 1.78. The molecule has 1 saturated carbocycles. The molecule has 0 amide bonds. The van der Waals surface area contributed by atoms with Crippen molar-refractivity contribution in [3.63, 3.8) is 0 Å². The smallest absolute Gasteiger partial charge is 0.341 e. The number of furan rings is 1. The third kappa shape index (κ3) is 3.58. The molecule has 17 heavy (non-hydrogen) atoms.